The van der Waals surface area contributed by atoms with Gasteiger partial charge < -0.3 is 10.3 Å². The molecule has 0 unspecified atom stereocenters. The van der Waals surface area contributed by atoms with Crippen molar-refractivity contribution in [2.24, 2.45) is 0 Å². The van der Waals surface area contributed by atoms with E-state index in [9.17, 15) is 0 Å². The summed E-state index contributed by atoms with van der Waals surface area (Å²) in [6.45, 7) is 2.76. The van der Waals surface area contributed by atoms with Crippen LogP contribution in [0.2, 0.25) is 0 Å². The van der Waals surface area contributed by atoms with Crippen LogP contribution >= 0.6 is 0 Å². The Kier molecular flexibility index (Phi) is 3.50. The van der Waals surface area contributed by atoms with Crippen LogP contribution in [0.15, 0.2) is 60.9 Å². The molecular formula is C17H17N3. The number of H-pyrrole nitrogens is 1. The lowest BCUT2D eigenvalue weighted by Crippen LogP contribution is -2.02. The number of aromatic nitrogens is 2. The van der Waals surface area contributed by atoms with E-state index >= 15 is 0 Å². The number of para-hydroxylation sites is 1. The number of nitrogens with one attached hydrogen (secondary N) is 2. The molecule has 0 amide bonds. The largest absolute Gasteiger partial charge is 0.379 e. The van der Waals surface area contributed by atoms with Gasteiger partial charge >= 0.3 is 0 Å². The van der Waals surface area contributed by atoms with Crippen molar-refractivity contribution in [3.63, 3.8) is 0 Å². The van der Waals surface area contributed by atoms with Gasteiger partial charge in [0, 0.05) is 16.9 Å². The maximum atomic E-state index is 4.32. The lowest BCUT2D eigenvalue weighted by atomic mass is 10.0. The van der Waals surface area contributed by atoms with E-state index in [4.69, 9.17) is 0 Å². The number of nitrogens with zero attached hydrogens (tertiary/aromatic N) is 1. The van der Waals surface area contributed by atoms with Crippen molar-refractivity contribution < 1.29 is 0 Å². The third-order valence-electron chi connectivity index (χ3n) is 3.39. The molecule has 3 rings (SSSR count). The normalized spacial score (nSPS) is 10.4. The monoisotopic (exact) mass is 263 g/mol. The third kappa shape index (κ3) is 2.57. The zero-order chi connectivity index (χ0) is 13.8. The summed E-state index contributed by atoms with van der Waals surface area (Å²) in [5.41, 5.74) is 5.71. The molecule has 2 N–H and O–H groups in total. The molecule has 0 aliphatic heterocycles. The van der Waals surface area contributed by atoms with Gasteiger partial charge in [0.05, 0.1) is 18.6 Å². The van der Waals surface area contributed by atoms with Crippen molar-refractivity contribution in [2.75, 3.05) is 5.32 Å². The van der Waals surface area contributed by atoms with Crippen LogP contribution in [0, 0.1) is 6.92 Å². The molecule has 2 aromatic carbocycles. The Morgan fingerprint density at radius 1 is 1.00 bits per heavy atom. The van der Waals surface area contributed by atoms with E-state index in [2.05, 4.69) is 57.7 Å². The second kappa shape index (κ2) is 5.61. The number of hydrogen-bond donors (Lipinski definition) is 2. The molecule has 0 atom stereocenters. The van der Waals surface area contributed by atoms with E-state index in [-0.39, 0.29) is 0 Å². The Labute approximate surface area is 118 Å². The fourth-order valence-electron chi connectivity index (χ4n) is 2.25. The van der Waals surface area contributed by atoms with Crippen LogP contribution in [0.25, 0.3) is 11.1 Å². The van der Waals surface area contributed by atoms with Gasteiger partial charge in [0.25, 0.3) is 0 Å². The first-order valence-electron chi connectivity index (χ1n) is 6.72. The van der Waals surface area contributed by atoms with Gasteiger partial charge in [0.15, 0.2) is 0 Å². The Hall–Kier alpha value is -2.55. The molecule has 3 nitrogen and oxygen atoms in total. The minimum atomic E-state index is 0.721. The Morgan fingerprint density at radius 3 is 2.50 bits per heavy atom. The molecule has 0 fully saturated rings. The Balaban J connectivity index is 1.85. The minimum absolute atomic E-state index is 0.721. The fraction of sp³-hybridized carbons (Fsp3) is 0.118. The van der Waals surface area contributed by atoms with Crippen molar-refractivity contribution in [3.8, 4) is 11.1 Å². The van der Waals surface area contributed by atoms with Gasteiger partial charge in [-0.2, -0.15) is 0 Å². The van der Waals surface area contributed by atoms with E-state index in [0.717, 1.165) is 23.6 Å². The summed E-state index contributed by atoms with van der Waals surface area (Å²) >= 11 is 0. The summed E-state index contributed by atoms with van der Waals surface area (Å²) in [5, 5.41) is 3.47. The number of hydrogen-bond acceptors (Lipinski definition) is 2. The van der Waals surface area contributed by atoms with Gasteiger partial charge in [-0.1, -0.05) is 48.5 Å². The minimum Gasteiger partial charge on any atom is -0.379 e. The molecule has 100 valence electrons. The van der Waals surface area contributed by atoms with Crippen molar-refractivity contribution in [1.29, 1.82) is 0 Å². The smallest absolute Gasteiger partial charge is 0.0925 e. The quantitative estimate of drug-likeness (QED) is 0.747. The SMILES string of the molecule is Cc1[nH]cnc1CNc1ccccc1-c1ccccc1. The topological polar surface area (TPSA) is 40.7 Å². The van der Waals surface area contributed by atoms with E-state index < -0.39 is 0 Å². The molecule has 20 heavy (non-hydrogen) atoms. The Bertz CT molecular complexity index is 686. The van der Waals surface area contributed by atoms with Crippen LogP contribution in [-0.4, -0.2) is 9.97 Å². The maximum Gasteiger partial charge on any atom is 0.0925 e. The van der Waals surface area contributed by atoms with Crippen molar-refractivity contribution in [1.82, 2.24) is 9.97 Å². The van der Waals surface area contributed by atoms with Crippen LogP contribution in [0.4, 0.5) is 5.69 Å². The lowest BCUT2D eigenvalue weighted by molar-refractivity contribution is 1.05. The predicted molar refractivity (Wildman–Crippen MR) is 82.5 cm³/mol. The van der Waals surface area contributed by atoms with Crippen LogP contribution < -0.4 is 5.32 Å². The van der Waals surface area contributed by atoms with Gasteiger partial charge in [-0.3, -0.25) is 0 Å². The number of imidazole rings is 1. The van der Waals surface area contributed by atoms with Crippen LogP contribution in [-0.2, 0) is 6.54 Å². The highest BCUT2D eigenvalue weighted by Gasteiger charge is 2.05. The van der Waals surface area contributed by atoms with Gasteiger partial charge in [0.1, 0.15) is 0 Å². The number of aromatic amines is 1. The van der Waals surface area contributed by atoms with Gasteiger partial charge in [0.2, 0.25) is 0 Å². The summed E-state index contributed by atoms with van der Waals surface area (Å²) in [5.74, 6) is 0. The van der Waals surface area contributed by atoms with Gasteiger partial charge in [-0.15, -0.1) is 0 Å². The first-order chi connectivity index (χ1) is 9.84. The molecule has 0 radical (unpaired) electrons. The first-order valence-corrected chi connectivity index (χ1v) is 6.72. The van der Waals surface area contributed by atoms with E-state index in [1.807, 2.05) is 19.1 Å². The second-order valence-corrected chi connectivity index (χ2v) is 4.74. The zero-order valence-corrected chi connectivity index (χ0v) is 11.4. The number of benzene rings is 2. The van der Waals surface area contributed by atoms with E-state index in [1.165, 1.54) is 11.1 Å². The molecule has 1 aromatic heterocycles. The molecule has 0 saturated heterocycles. The summed E-state index contributed by atoms with van der Waals surface area (Å²) in [7, 11) is 0. The van der Waals surface area contributed by atoms with E-state index in [1.54, 1.807) is 6.33 Å². The molecule has 1 heterocycles. The highest BCUT2D eigenvalue weighted by Crippen LogP contribution is 2.27. The molecule has 0 aliphatic carbocycles. The number of rotatable bonds is 4. The van der Waals surface area contributed by atoms with E-state index in [0.29, 0.717) is 0 Å². The predicted octanol–water partition coefficient (Wildman–Crippen LogP) is 4.00. The molecular weight excluding hydrogens is 246 g/mol. The van der Waals surface area contributed by atoms with Crippen LogP contribution in [0.1, 0.15) is 11.4 Å². The summed E-state index contributed by atoms with van der Waals surface area (Å²) in [4.78, 5) is 7.42. The van der Waals surface area contributed by atoms with Crippen molar-refractivity contribution in [3.05, 3.63) is 72.3 Å². The number of anilines is 1. The fourth-order valence-corrected chi connectivity index (χ4v) is 2.25. The molecule has 0 spiro atoms. The average Bonchev–Trinajstić information content (AvgIpc) is 2.92. The molecule has 0 bridgehead atoms. The summed E-state index contributed by atoms with van der Waals surface area (Å²) in [6.07, 6.45) is 1.73. The van der Waals surface area contributed by atoms with Crippen molar-refractivity contribution >= 4 is 5.69 Å². The number of aryl methyl sites for hydroxylation is 1. The van der Waals surface area contributed by atoms with Crippen molar-refractivity contribution in [2.45, 2.75) is 13.5 Å². The van der Waals surface area contributed by atoms with Crippen LogP contribution in [0.5, 0.6) is 0 Å². The standard InChI is InChI=1S/C17H17N3/c1-13-17(20-12-19-13)11-18-16-10-6-5-9-15(16)14-7-3-2-4-8-14/h2-10,12,18H,11H2,1H3,(H,19,20). The highest BCUT2D eigenvalue weighted by molar-refractivity contribution is 5.77. The summed E-state index contributed by atoms with van der Waals surface area (Å²) < 4.78 is 0. The first kappa shape index (κ1) is 12.5. The van der Waals surface area contributed by atoms with Gasteiger partial charge in [-0.25, -0.2) is 4.98 Å². The lowest BCUT2D eigenvalue weighted by Gasteiger charge is -2.11. The highest BCUT2D eigenvalue weighted by atomic mass is 14.9. The Morgan fingerprint density at radius 2 is 1.75 bits per heavy atom. The molecule has 3 heteroatoms. The van der Waals surface area contributed by atoms with Gasteiger partial charge in [-0.05, 0) is 18.6 Å². The molecule has 3 aromatic rings. The third-order valence-corrected chi connectivity index (χ3v) is 3.39. The molecule has 0 aliphatic rings. The molecule has 0 saturated carbocycles. The average molecular weight is 263 g/mol. The maximum absolute atomic E-state index is 4.32. The second-order valence-electron chi connectivity index (χ2n) is 4.74. The zero-order valence-electron chi connectivity index (χ0n) is 11.4. The van der Waals surface area contributed by atoms with Crippen LogP contribution in [0.3, 0.4) is 0 Å². The summed E-state index contributed by atoms with van der Waals surface area (Å²) in [6, 6.07) is 18.8.